The minimum absolute atomic E-state index is 0. The molecule has 0 saturated heterocycles. The van der Waals surface area contributed by atoms with Gasteiger partial charge in [0.2, 0.25) is 0 Å². The van der Waals surface area contributed by atoms with Gasteiger partial charge >= 0.3 is 5.97 Å². The molecule has 170 valence electrons. The van der Waals surface area contributed by atoms with Crippen molar-refractivity contribution in [2.75, 3.05) is 5.32 Å². The van der Waals surface area contributed by atoms with Gasteiger partial charge in [-0.25, -0.2) is 4.79 Å². The Hall–Kier alpha value is -2.82. The summed E-state index contributed by atoms with van der Waals surface area (Å²) in [7, 11) is 0. The van der Waals surface area contributed by atoms with Gasteiger partial charge in [0.15, 0.2) is 0 Å². The van der Waals surface area contributed by atoms with Gasteiger partial charge in [0, 0.05) is 5.02 Å². The fraction of sp³-hybridized carbons (Fsp3) is 0.231. The third-order valence-electron chi connectivity index (χ3n) is 4.91. The van der Waals surface area contributed by atoms with E-state index in [1.54, 1.807) is 24.3 Å². The molecule has 0 bridgehead atoms. The summed E-state index contributed by atoms with van der Waals surface area (Å²) in [5, 5.41) is 13.0. The summed E-state index contributed by atoms with van der Waals surface area (Å²) in [5.41, 5.74) is 4.35. The first kappa shape index (κ1) is 27.2. The Morgan fingerprint density at radius 2 is 1.59 bits per heavy atom. The minimum Gasteiger partial charge on any atom is -0.478 e. The van der Waals surface area contributed by atoms with E-state index < -0.39 is 11.9 Å². The third-order valence-corrected chi connectivity index (χ3v) is 5.46. The highest BCUT2D eigenvalue weighted by molar-refractivity contribution is 6.37. The Balaban J connectivity index is 0.00000256. The number of nitrogens with one attached hydrogen (secondary N) is 1. The smallest absolute Gasteiger partial charge is 0.337 e. The van der Waals surface area contributed by atoms with Crippen molar-refractivity contribution in [2.24, 2.45) is 0 Å². The van der Waals surface area contributed by atoms with E-state index in [1.165, 1.54) is 17.7 Å². The summed E-state index contributed by atoms with van der Waals surface area (Å²) < 4.78 is 0. The van der Waals surface area contributed by atoms with Gasteiger partial charge in [0.05, 0.1) is 21.8 Å². The summed E-state index contributed by atoms with van der Waals surface area (Å²) in [6.45, 7) is 6.20. The van der Waals surface area contributed by atoms with Gasteiger partial charge < -0.3 is 10.4 Å². The van der Waals surface area contributed by atoms with Crippen LogP contribution in [0.25, 0.3) is 11.1 Å². The van der Waals surface area contributed by atoms with E-state index in [0.29, 0.717) is 10.9 Å². The van der Waals surface area contributed by atoms with E-state index in [0.717, 1.165) is 16.7 Å². The van der Waals surface area contributed by atoms with Crippen LogP contribution in [-0.2, 0) is 0 Å². The number of hydrogen-bond acceptors (Lipinski definition) is 2. The zero-order chi connectivity index (χ0) is 22.0. The van der Waals surface area contributed by atoms with Gasteiger partial charge in [0.1, 0.15) is 0 Å². The molecule has 0 saturated carbocycles. The standard InChI is InChI=1S/C24H21Cl2NO3.2CH4/c1-13(2)15-5-4-14(3)19(10-15)16-6-9-22(20(11-16)24(29)30)27-23(28)18-8-7-17(25)12-21(18)26;;/h4-13H,1-3H3,(H,27,28)(H,29,30);2*1H4. The highest BCUT2D eigenvalue weighted by atomic mass is 35.5. The first-order valence-corrected chi connectivity index (χ1v) is 10.2. The molecule has 1 amide bonds. The molecular weight excluding hydrogens is 445 g/mol. The SMILES string of the molecule is C.C.Cc1ccc(C(C)C)cc1-c1ccc(NC(=O)c2ccc(Cl)cc2Cl)c(C(=O)O)c1. The van der Waals surface area contributed by atoms with Crippen LogP contribution in [0.4, 0.5) is 5.69 Å². The summed E-state index contributed by atoms with van der Waals surface area (Å²) in [6, 6.07) is 15.7. The van der Waals surface area contributed by atoms with E-state index in [4.69, 9.17) is 23.2 Å². The van der Waals surface area contributed by atoms with E-state index in [1.807, 2.05) is 13.0 Å². The molecule has 3 aromatic carbocycles. The topological polar surface area (TPSA) is 66.4 Å². The number of carbonyl (C=O) groups excluding carboxylic acids is 1. The number of benzene rings is 3. The average molecular weight is 474 g/mol. The van der Waals surface area contributed by atoms with Crippen LogP contribution in [0.1, 0.15) is 66.5 Å². The lowest BCUT2D eigenvalue weighted by atomic mass is 9.93. The van der Waals surface area contributed by atoms with Crippen LogP contribution in [0.15, 0.2) is 54.6 Å². The number of halogens is 2. The fourth-order valence-electron chi connectivity index (χ4n) is 3.17. The number of amides is 1. The number of anilines is 1. The Morgan fingerprint density at radius 1 is 0.906 bits per heavy atom. The first-order chi connectivity index (χ1) is 14.2. The molecule has 4 nitrogen and oxygen atoms in total. The lowest BCUT2D eigenvalue weighted by Crippen LogP contribution is -2.15. The highest BCUT2D eigenvalue weighted by Crippen LogP contribution is 2.31. The molecule has 0 unspecified atom stereocenters. The zero-order valence-electron chi connectivity index (χ0n) is 16.8. The number of carboxylic acid groups (broad SMARTS) is 1. The van der Waals surface area contributed by atoms with Crippen LogP contribution < -0.4 is 5.32 Å². The van der Waals surface area contributed by atoms with Crippen LogP contribution >= 0.6 is 23.2 Å². The molecule has 0 heterocycles. The Morgan fingerprint density at radius 3 is 2.19 bits per heavy atom. The second-order valence-electron chi connectivity index (χ2n) is 7.37. The first-order valence-electron chi connectivity index (χ1n) is 9.42. The van der Waals surface area contributed by atoms with E-state index in [2.05, 4.69) is 31.3 Å². The average Bonchev–Trinajstić information content (AvgIpc) is 2.68. The monoisotopic (exact) mass is 473 g/mol. The largest absolute Gasteiger partial charge is 0.478 e. The maximum absolute atomic E-state index is 12.6. The molecule has 3 rings (SSSR count). The predicted molar refractivity (Wildman–Crippen MR) is 136 cm³/mol. The van der Waals surface area contributed by atoms with Crippen molar-refractivity contribution in [3.05, 3.63) is 86.9 Å². The molecule has 32 heavy (non-hydrogen) atoms. The molecule has 0 spiro atoms. The van der Waals surface area contributed by atoms with Gasteiger partial charge in [-0.2, -0.15) is 0 Å². The zero-order valence-corrected chi connectivity index (χ0v) is 18.3. The van der Waals surface area contributed by atoms with E-state index in [-0.39, 0.29) is 36.7 Å². The summed E-state index contributed by atoms with van der Waals surface area (Å²) in [5.74, 6) is -1.29. The molecule has 0 fully saturated rings. The summed E-state index contributed by atoms with van der Waals surface area (Å²) >= 11 is 12.0. The molecule has 0 radical (unpaired) electrons. The molecule has 3 aromatic rings. The van der Waals surface area contributed by atoms with Crippen molar-refractivity contribution in [3.63, 3.8) is 0 Å². The van der Waals surface area contributed by atoms with Gasteiger partial charge in [-0.15, -0.1) is 0 Å². The fourth-order valence-corrected chi connectivity index (χ4v) is 3.67. The molecule has 0 aliphatic rings. The lowest BCUT2D eigenvalue weighted by molar-refractivity contribution is 0.0698. The maximum atomic E-state index is 12.6. The van der Waals surface area contributed by atoms with Crippen molar-refractivity contribution in [2.45, 2.75) is 41.5 Å². The number of rotatable bonds is 5. The van der Waals surface area contributed by atoms with Crippen molar-refractivity contribution in [1.82, 2.24) is 0 Å². The van der Waals surface area contributed by atoms with Gasteiger partial charge in [-0.1, -0.05) is 76.2 Å². The van der Waals surface area contributed by atoms with Crippen molar-refractivity contribution in [1.29, 1.82) is 0 Å². The molecule has 0 aliphatic heterocycles. The summed E-state index contributed by atoms with van der Waals surface area (Å²) in [6.07, 6.45) is 0. The molecular formula is C26H29Cl2NO3. The maximum Gasteiger partial charge on any atom is 0.337 e. The van der Waals surface area contributed by atoms with Gasteiger partial charge in [-0.05, 0) is 65.4 Å². The lowest BCUT2D eigenvalue weighted by Gasteiger charge is -2.14. The van der Waals surface area contributed by atoms with Crippen molar-refractivity contribution in [3.8, 4) is 11.1 Å². The quantitative estimate of drug-likeness (QED) is 0.391. The molecule has 0 atom stereocenters. The van der Waals surface area contributed by atoms with Gasteiger partial charge in [-0.3, -0.25) is 4.79 Å². The number of aromatic carboxylic acids is 1. The molecule has 0 aromatic heterocycles. The highest BCUT2D eigenvalue weighted by Gasteiger charge is 2.17. The van der Waals surface area contributed by atoms with Crippen molar-refractivity contribution >= 4 is 40.8 Å². The normalized spacial score (nSPS) is 10.2. The number of hydrogen-bond donors (Lipinski definition) is 2. The van der Waals surface area contributed by atoms with Crippen molar-refractivity contribution < 1.29 is 14.7 Å². The predicted octanol–water partition coefficient (Wildman–Crippen LogP) is 8.31. The molecule has 0 aliphatic carbocycles. The number of aryl methyl sites for hydroxylation is 1. The van der Waals surface area contributed by atoms with Crippen LogP contribution in [0.5, 0.6) is 0 Å². The minimum atomic E-state index is -1.13. The number of carbonyl (C=O) groups is 2. The van der Waals surface area contributed by atoms with Crippen LogP contribution in [0.2, 0.25) is 10.0 Å². The Bertz CT molecular complexity index is 1140. The second kappa shape index (κ2) is 11.2. The Kier molecular flexibility index (Phi) is 9.50. The van der Waals surface area contributed by atoms with E-state index >= 15 is 0 Å². The summed E-state index contributed by atoms with van der Waals surface area (Å²) in [4.78, 5) is 24.5. The van der Waals surface area contributed by atoms with Crippen LogP contribution in [-0.4, -0.2) is 17.0 Å². The molecule has 6 heteroatoms. The Labute approximate surface area is 200 Å². The van der Waals surface area contributed by atoms with Gasteiger partial charge in [0.25, 0.3) is 5.91 Å². The number of carboxylic acids is 1. The van der Waals surface area contributed by atoms with Crippen LogP contribution in [0.3, 0.4) is 0 Å². The second-order valence-corrected chi connectivity index (χ2v) is 8.22. The molecule has 2 N–H and O–H groups in total. The van der Waals surface area contributed by atoms with Crippen LogP contribution in [0, 0.1) is 6.92 Å². The van der Waals surface area contributed by atoms with E-state index in [9.17, 15) is 14.7 Å². The third kappa shape index (κ3) is 5.90.